The summed E-state index contributed by atoms with van der Waals surface area (Å²) >= 11 is 6.96. The van der Waals surface area contributed by atoms with E-state index in [9.17, 15) is 14.7 Å². The van der Waals surface area contributed by atoms with E-state index in [1.807, 2.05) is 0 Å². The van der Waals surface area contributed by atoms with Crippen LogP contribution < -0.4 is 5.56 Å². The first-order valence-corrected chi connectivity index (χ1v) is 8.14. The summed E-state index contributed by atoms with van der Waals surface area (Å²) in [5, 5.41) is 14.5. The molecule has 3 rings (SSSR count). The van der Waals surface area contributed by atoms with Crippen LogP contribution in [0.25, 0.3) is 16.7 Å². The fourth-order valence-corrected chi connectivity index (χ4v) is 3.06. The minimum absolute atomic E-state index is 0.212. The zero-order valence-corrected chi connectivity index (χ0v) is 14.4. The SMILES string of the molecule is CC(C)(Sc1nc2c(cnn2-c2cccc(Cl)c2)c(=O)[nH]1)C(=O)O. The molecule has 1 aromatic carbocycles. The number of hydrogen-bond acceptors (Lipinski definition) is 5. The lowest BCUT2D eigenvalue weighted by Crippen LogP contribution is -2.28. The van der Waals surface area contributed by atoms with E-state index in [2.05, 4.69) is 15.1 Å². The van der Waals surface area contributed by atoms with Gasteiger partial charge in [-0.1, -0.05) is 29.4 Å². The lowest BCUT2D eigenvalue weighted by atomic mass is 10.2. The third-order valence-electron chi connectivity index (χ3n) is 3.34. The van der Waals surface area contributed by atoms with Gasteiger partial charge in [0.15, 0.2) is 10.8 Å². The Kier molecular flexibility index (Phi) is 4.10. The monoisotopic (exact) mass is 364 g/mol. The molecule has 9 heteroatoms. The van der Waals surface area contributed by atoms with E-state index < -0.39 is 10.7 Å². The Bertz CT molecular complexity index is 996. The standard InChI is InChI=1S/C15H13ClN4O3S/c1-15(2,13(22)23)24-14-18-11-10(12(21)19-14)7-17-20(11)9-5-3-4-8(16)6-9/h3-7H,1-2H3,(H,22,23)(H,18,19,21). The first kappa shape index (κ1) is 16.5. The van der Waals surface area contributed by atoms with E-state index in [1.165, 1.54) is 10.9 Å². The number of aromatic nitrogens is 4. The molecule has 124 valence electrons. The average Bonchev–Trinajstić information content (AvgIpc) is 2.91. The van der Waals surface area contributed by atoms with Crippen LogP contribution in [0, 0.1) is 0 Å². The van der Waals surface area contributed by atoms with Gasteiger partial charge >= 0.3 is 5.97 Å². The first-order chi connectivity index (χ1) is 11.3. The highest BCUT2D eigenvalue weighted by Gasteiger charge is 2.30. The van der Waals surface area contributed by atoms with Crippen molar-refractivity contribution in [2.45, 2.75) is 23.8 Å². The van der Waals surface area contributed by atoms with Crippen LogP contribution in [-0.2, 0) is 4.79 Å². The maximum absolute atomic E-state index is 12.2. The van der Waals surface area contributed by atoms with Crippen LogP contribution in [0.4, 0.5) is 0 Å². The van der Waals surface area contributed by atoms with Crippen LogP contribution in [0.3, 0.4) is 0 Å². The van der Waals surface area contributed by atoms with Crippen molar-refractivity contribution in [2.75, 3.05) is 0 Å². The summed E-state index contributed by atoms with van der Waals surface area (Å²) in [4.78, 5) is 30.5. The fraction of sp³-hybridized carbons (Fsp3) is 0.200. The van der Waals surface area contributed by atoms with Crippen molar-refractivity contribution < 1.29 is 9.90 Å². The molecule has 0 aliphatic heterocycles. The third kappa shape index (κ3) is 3.02. The Hall–Kier alpha value is -2.32. The number of rotatable bonds is 4. The summed E-state index contributed by atoms with van der Waals surface area (Å²) in [5.41, 5.74) is 0.616. The number of halogens is 1. The van der Waals surface area contributed by atoms with Crippen molar-refractivity contribution in [1.29, 1.82) is 0 Å². The van der Waals surface area contributed by atoms with Gasteiger partial charge in [0, 0.05) is 5.02 Å². The van der Waals surface area contributed by atoms with Crippen molar-refractivity contribution in [2.24, 2.45) is 0 Å². The predicted molar refractivity (Wildman–Crippen MR) is 92.1 cm³/mol. The van der Waals surface area contributed by atoms with Crippen molar-refractivity contribution in [3.8, 4) is 5.69 Å². The molecule has 2 N–H and O–H groups in total. The summed E-state index contributed by atoms with van der Waals surface area (Å²) in [6.45, 7) is 3.08. The molecule has 0 bridgehead atoms. The summed E-state index contributed by atoms with van der Waals surface area (Å²) < 4.78 is 0.360. The Labute approximate surface area is 145 Å². The van der Waals surface area contributed by atoms with Crippen molar-refractivity contribution in [1.82, 2.24) is 19.7 Å². The molecule has 3 aromatic rings. The number of thioether (sulfide) groups is 1. The molecule has 0 spiro atoms. The molecule has 0 saturated heterocycles. The van der Waals surface area contributed by atoms with Gasteiger partial charge in [0.05, 0.1) is 11.9 Å². The Morgan fingerprint density at radius 3 is 2.83 bits per heavy atom. The van der Waals surface area contributed by atoms with Crippen molar-refractivity contribution in [3.63, 3.8) is 0 Å². The topological polar surface area (TPSA) is 101 Å². The summed E-state index contributed by atoms with van der Waals surface area (Å²) in [7, 11) is 0. The molecule has 0 atom stereocenters. The fourth-order valence-electron chi connectivity index (χ4n) is 2.03. The van der Waals surface area contributed by atoms with Gasteiger partial charge in [-0.2, -0.15) is 5.10 Å². The molecule has 0 radical (unpaired) electrons. The van der Waals surface area contributed by atoms with E-state index >= 15 is 0 Å². The molecule has 0 fully saturated rings. The second-order valence-electron chi connectivity index (χ2n) is 5.56. The molecular weight excluding hydrogens is 352 g/mol. The maximum Gasteiger partial charge on any atom is 0.319 e. The van der Waals surface area contributed by atoms with Crippen LogP contribution in [-0.4, -0.2) is 35.6 Å². The van der Waals surface area contributed by atoms with Crippen LogP contribution in [0.2, 0.25) is 5.02 Å². The number of carboxylic acid groups (broad SMARTS) is 1. The van der Waals surface area contributed by atoms with E-state index in [4.69, 9.17) is 11.6 Å². The van der Waals surface area contributed by atoms with Gasteiger partial charge < -0.3 is 10.1 Å². The van der Waals surface area contributed by atoms with Gasteiger partial charge in [0.1, 0.15) is 10.1 Å². The molecule has 0 unspecified atom stereocenters. The first-order valence-electron chi connectivity index (χ1n) is 6.94. The molecule has 7 nitrogen and oxygen atoms in total. The second kappa shape index (κ2) is 5.95. The molecule has 2 aromatic heterocycles. The lowest BCUT2D eigenvalue weighted by molar-refractivity contribution is -0.138. The second-order valence-corrected chi connectivity index (χ2v) is 7.61. The molecular formula is C15H13ClN4O3S. The number of aromatic amines is 1. The lowest BCUT2D eigenvalue weighted by Gasteiger charge is -2.17. The highest BCUT2D eigenvalue weighted by molar-refractivity contribution is 8.01. The largest absolute Gasteiger partial charge is 0.480 e. The minimum Gasteiger partial charge on any atom is -0.480 e. The Morgan fingerprint density at radius 2 is 2.17 bits per heavy atom. The normalized spacial score (nSPS) is 11.8. The van der Waals surface area contributed by atoms with Gasteiger partial charge in [-0.05, 0) is 32.0 Å². The molecule has 0 aliphatic rings. The number of benzene rings is 1. The highest BCUT2D eigenvalue weighted by atomic mass is 35.5. The van der Waals surface area contributed by atoms with Gasteiger partial charge in [0.2, 0.25) is 0 Å². The number of carboxylic acids is 1. The van der Waals surface area contributed by atoms with E-state index in [1.54, 1.807) is 38.1 Å². The quantitative estimate of drug-likeness (QED) is 0.545. The average molecular weight is 365 g/mol. The molecule has 24 heavy (non-hydrogen) atoms. The van der Waals surface area contributed by atoms with Gasteiger partial charge in [-0.25, -0.2) is 9.67 Å². The number of fused-ring (bicyclic) bond motifs is 1. The van der Waals surface area contributed by atoms with Crippen molar-refractivity contribution in [3.05, 3.63) is 45.8 Å². The highest BCUT2D eigenvalue weighted by Crippen LogP contribution is 2.30. The van der Waals surface area contributed by atoms with Gasteiger partial charge in [-0.3, -0.25) is 9.59 Å². The van der Waals surface area contributed by atoms with Crippen LogP contribution >= 0.6 is 23.4 Å². The molecule has 0 aliphatic carbocycles. The molecule has 0 amide bonds. The minimum atomic E-state index is -1.13. The number of nitrogens with zero attached hydrogens (tertiary/aromatic N) is 3. The van der Waals surface area contributed by atoms with Crippen LogP contribution in [0.1, 0.15) is 13.8 Å². The number of carbonyl (C=O) groups is 1. The zero-order valence-electron chi connectivity index (χ0n) is 12.8. The summed E-state index contributed by atoms with van der Waals surface area (Å²) in [5.74, 6) is -1.00. The summed E-state index contributed by atoms with van der Waals surface area (Å²) in [6, 6.07) is 6.98. The van der Waals surface area contributed by atoms with E-state index in [-0.39, 0.29) is 10.7 Å². The van der Waals surface area contributed by atoms with Gasteiger partial charge in [0.25, 0.3) is 5.56 Å². The Balaban J connectivity index is 2.14. The Morgan fingerprint density at radius 1 is 1.42 bits per heavy atom. The number of H-pyrrole nitrogens is 1. The summed E-state index contributed by atoms with van der Waals surface area (Å²) in [6.07, 6.45) is 1.42. The van der Waals surface area contributed by atoms with E-state index in [0.29, 0.717) is 21.7 Å². The zero-order chi connectivity index (χ0) is 17.5. The maximum atomic E-state index is 12.2. The molecule has 2 heterocycles. The number of hydrogen-bond donors (Lipinski definition) is 2. The third-order valence-corrected chi connectivity index (χ3v) is 4.64. The predicted octanol–water partition coefficient (Wildman–Crippen LogP) is 2.72. The number of aliphatic carboxylic acids is 1. The molecule has 0 saturated carbocycles. The van der Waals surface area contributed by atoms with Crippen molar-refractivity contribution >= 4 is 40.4 Å². The van der Waals surface area contributed by atoms with Crippen LogP contribution in [0.15, 0.2) is 40.4 Å². The number of nitrogens with one attached hydrogen (secondary N) is 1. The van der Waals surface area contributed by atoms with Crippen LogP contribution in [0.5, 0.6) is 0 Å². The van der Waals surface area contributed by atoms with E-state index in [0.717, 1.165) is 11.8 Å². The van der Waals surface area contributed by atoms with Gasteiger partial charge in [-0.15, -0.1) is 0 Å². The smallest absolute Gasteiger partial charge is 0.319 e.